The number of morpholine rings is 1. The van der Waals surface area contributed by atoms with Crippen LogP contribution in [0.3, 0.4) is 0 Å². The van der Waals surface area contributed by atoms with Crippen molar-refractivity contribution < 1.29 is 9.15 Å². The third-order valence-corrected chi connectivity index (χ3v) is 4.23. The molecule has 0 radical (unpaired) electrons. The summed E-state index contributed by atoms with van der Waals surface area (Å²) >= 11 is 0. The van der Waals surface area contributed by atoms with Gasteiger partial charge >= 0.3 is 0 Å². The third kappa shape index (κ3) is 4.53. The van der Waals surface area contributed by atoms with Crippen molar-refractivity contribution in [1.82, 2.24) is 15.0 Å². The molecule has 140 valence electrons. The lowest BCUT2D eigenvalue weighted by Crippen LogP contribution is -2.37. The van der Waals surface area contributed by atoms with E-state index in [1.165, 1.54) is 5.56 Å². The molecule has 3 aromatic rings. The molecule has 2 aromatic heterocycles. The Kier molecular flexibility index (Phi) is 5.15. The van der Waals surface area contributed by atoms with E-state index in [1.54, 1.807) is 6.26 Å². The van der Waals surface area contributed by atoms with E-state index in [1.807, 2.05) is 36.4 Å². The molecule has 0 saturated carbocycles. The van der Waals surface area contributed by atoms with Gasteiger partial charge in [0.25, 0.3) is 0 Å². The van der Waals surface area contributed by atoms with Gasteiger partial charge in [-0.2, -0.15) is 15.0 Å². The first kappa shape index (κ1) is 17.3. The van der Waals surface area contributed by atoms with Gasteiger partial charge in [0.2, 0.25) is 17.8 Å². The lowest BCUT2D eigenvalue weighted by atomic mass is 10.2. The molecule has 0 bridgehead atoms. The number of furan rings is 1. The molecule has 1 aliphatic heterocycles. The zero-order valence-corrected chi connectivity index (χ0v) is 15.2. The standard InChI is InChI=1S/C19H22N6O2/c1-14-4-6-15(7-5-14)21-18-22-17(20-13-16-3-2-10-27-16)23-19(24-18)25-8-11-26-12-9-25/h2-7,10H,8-9,11-13H2,1H3,(H2,20,21,22,23,24). The average molecular weight is 366 g/mol. The van der Waals surface area contributed by atoms with E-state index in [2.05, 4.69) is 37.4 Å². The Morgan fingerprint density at radius 1 is 1.00 bits per heavy atom. The second kappa shape index (κ2) is 8.05. The Morgan fingerprint density at radius 3 is 2.52 bits per heavy atom. The van der Waals surface area contributed by atoms with Crippen LogP contribution in [0, 0.1) is 6.92 Å². The van der Waals surface area contributed by atoms with E-state index in [9.17, 15) is 0 Å². The number of hydrogen-bond donors (Lipinski definition) is 2. The first-order valence-electron chi connectivity index (χ1n) is 8.95. The van der Waals surface area contributed by atoms with E-state index < -0.39 is 0 Å². The van der Waals surface area contributed by atoms with Crippen LogP contribution in [-0.2, 0) is 11.3 Å². The van der Waals surface area contributed by atoms with Crippen LogP contribution < -0.4 is 15.5 Å². The van der Waals surface area contributed by atoms with Crippen LogP contribution in [0.5, 0.6) is 0 Å². The fraction of sp³-hybridized carbons (Fsp3) is 0.316. The topological polar surface area (TPSA) is 88.3 Å². The minimum atomic E-state index is 0.497. The molecule has 0 spiro atoms. The first-order valence-corrected chi connectivity index (χ1v) is 8.95. The zero-order valence-electron chi connectivity index (χ0n) is 15.2. The molecule has 1 aromatic carbocycles. The Morgan fingerprint density at radius 2 is 1.78 bits per heavy atom. The van der Waals surface area contributed by atoms with E-state index in [0.29, 0.717) is 37.6 Å². The summed E-state index contributed by atoms with van der Waals surface area (Å²) in [6.07, 6.45) is 1.65. The van der Waals surface area contributed by atoms with Gasteiger partial charge in [0.05, 0.1) is 26.0 Å². The first-order chi connectivity index (χ1) is 13.3. The largest absolute Gasteiger partial charge is 0.467 e. The molecule has 27 heavy (non-hydrogen) atoms. The number of benzene rings is 1. The highest BCUT2D eigenvalue weighted by atomic mass is 16.5. The van der Waals surface area contributed by atoms with Crippen molar-refractivity contribution in [2.75, 3.05) is 41.8 Å². The summed E-state index contributed by atoms with van der Waals surface area (Å²) in [5, 5.41) is 6.47. The lowest BCUT2D eigenvalue weighted by Gasteiger charge is -2.27. The number of ether oxygens (including phenoxy) is 1. The van der Waals surface area contributed by atoms with Crippen molar-refractivity contribution in [3.05, 3.63) is 54.0 Å². The second-order valence-electron chi connectivity index (χ2n) is 6.31. The quantitative estimate of drug-likeness (QED) is 0.688. The van der Waals surface area contributed by atoms with E-state index in [0.717, 1.165) is 24.5 Å². The SMILES string of the molecule is Cc1ccc(Nc2nc(NCc3ccco3)nc(N3CCOCC3)n2)cc1. The zero-order chi connectivity index (χ0) is 18.5. The lowest BCUT2D eigenvalue weighted by molar-refractivity contribution is 0.122. The summed E-state index contributed by atoms with van der Waals surface area (Å²) in [6, 6.07) is 11.9. The van der Waals surface area contributed by atoms with Crippen molar-refractivity contribution >= 4 is 23.5 Å². The van der Waals surface area contributed by atoms with Gasteiger partial charge in [-0.25, -0.2) is 0 Å². The molecule has 0 aliphatic carbocycles. The molecule has 1 fully saturated rings. The maximum Gasteiger partial charge on any atom is 0.233 e. The highest BCUT2D eigenvalue weighted by Gasteiger charge is 2.17. The van der Waals surface area contributed by atoms with Gasteiger partial charge in [-0.15, -0.1) is 0 Å². The predicted octanol–water partition coefficient (Wildman–Crippen LogP) is 2.97. The maximum atomic E-state index is 5.43. The van der Waals surface area contributed by atoms with Gasteiger partial charge in [-0.1, -0.05) is 17.7 Å². The molecule has 3 heterocycles. The Labute approximate surface area is 157 Å². The van der Waals surface area contributed by atoms with Crippen LogP contribution in [0.25, 0.3) is 0 Å². The normalized spacial score (nSPS) is 14.2. The highest BCUT2D eigenvalue weighted by Crippen LogP contribution is 2.19. The van der Waals surface area contributed by atoms with Crippen LogP contribution in [0.4, 0.5) is 23.5 Å². The number of nitrogens with zero attached hydrogens (tertiary/aromatic N) is 4. The molecule has 8 heteroatoms. The van der Waals surface area contributed by atoms with Crippen molar-refractivity contribution in [2.24, 2.45) is 0 Å². The van der Waals surface area contributed by atoms with E-state index in [4.69, 9.17) is 9.15 Å². The molecule has 4 rings (SSSR count). The summed E-state index contributed by atoms with van der Waals surface area (Å²) < 4.78 is 10.8. The van der Waals surface area contributed by atoms with Gasteiger partial charge in [0.15, 0.2) is 0 Å². The van der Waals surface area contributed by atoms with Gasteiger partial charge in [0.1, 0.15) is 5.76 Å². The summed E-state index contributed by atoms with van der Waals surface area (Å²) in [5.41, 5.74) is 2.13. The Balaban J connectivity index is 1.57. The summed E-state index contributed by atoms with van der Waals surface area (Å²) in [5.74, 6) is 2.44. The van der Waals surface area contributed by atoms with Crippen molar-refractivity contribution in [2.45, 2.75) is 13.5 Å². The van der Waals surface area contributed by atoms with Crippen LogP contribution >= 0.6 is 0 Å². The fourth-order valence-electron chi connectivity index (χ4n) is 2.75. The fourth-order valence-corrected chi connectivity index (χ4v) is 2.75. The summed E-state index contributed by atoms with van der Waals surface area (Å²) in [4.78, 5) is 15.8. The Hall–Kier alpha value is -3.13. The molecule has 1 saturated heterocycles. The van der Waals surface area contributed by atoms with Gasteiger partial charge in [0, 0.05) is 18.8 Å². The molecule has 8 nitrogen and oxygen atoms in total. The summed E-state index contributed by atoms with van der Waals surface area (Å²) in [6.45, 7) is 5.41. The molecular weight excluding hydrogens is 344 g/mol. The van der Waals surface area contributed by atoms with Gasteiger partial charge < -0.3 is 24.7 Å². The summed E-state index contributed by atoms with van der Waals surface area (Å²) in [7, 11) is 0. The van der Waals surface area contributed by atoms with Gasteiger partial charge in [-0.05, 0) is 31.2 Å². The van der Waals surface area contributed by atoms with Crippen LogP contribution in [0.1, 0.15) is 11.3 Å². The number of aromatic nitrogens is 3. The number of nitrogens with one attached hydrogen (secondary N) is 2. The molecule has 2 N–H and O–H groups in total. The molecule has 1 aliphatic rings. The van der Waals surface area contributed by atoms with Crippen LogP contribution in [0.15, 0.2) is 47.1 Å². The van der Waals surface area contributed by atoms with Crippen molar-refractivity contribution in [3.63, 3.8) is 0 Å². The smallest absolute Gasteiger partial charge is 0.233 e. The van der Waals surface area contributed by atoms with Crippen LogP contribution in [0.2, 0.25) is 0 Å². The van der Waals surface area contributed by atoms with Crippen molar-refractivity contribution in [3.8, 4) is 0 Å². The van der Waals surface area contributed by atoms with E-state index >= 15 is 0 Å². The number of anilines is 4. The molecule has 0 amide bonds. The second-order valence-corrected chi connectivity index (χ2v) is 6.31. The maximum absolute atomic E-state index is 5.43. The molecular formula is C19H22N6O2. The number of rotatable bonds is 6. The molecule has 0 unspecified atom stereocenters. The van der Waals surface area contributed by atoms with Crippen LogP contribution in [-0.4, -0.2) is 41.3 Å². The molecule has 0 atom stereocenters. The van der Waals surface area contributed by atoms with E-state index in [-0.39, 0.29) is 0 Å². The Bertz CT molecular complexity index is 860. The monoisotopic (exact) mass is 366 g/mol. The minimum Gasteiger partial charge on any atom is -0.467 e. The highest BCUT2D eigenvalue weighted by molar-refractivity contribution is 5.56. The predicted molar refractivity (Wildman–Crippen MR) is 103 cm³/mol. The van der Waals surface area contributed by atoms with Crippen molar-refractivity contribution in [1.29, 1.82) is 0 Å². The number of hydrogen-bond acceptors (Lipinski definition) is 8. The minimum absolute atomic E-state index is 0.497. The average Bonchev–Trinajstić information content (AvgIpc) is 3.22. The number of aryl methyl sites for hydroxylation is 1. The third-order valence-electron chi connectivity index (χ3n) is 4.23. The van der Waals surface area contributed by atoms with Gasteiger partial charge in [-0.3, -0.25) is 0 Å².